The van der Waals surface area contributed by atoms with Gasteiger partial charge in [-0.15, -0.1) is 0 Å². The predicted molar refractivity (Wildman–Crippen MR) is 79.4 cm³/mol. The highest BCUT2D eigenvalue weighted by molar-refractivity contribution is 5.33. The van der Waals surface area contributed by atoms with Crippen molar-refractivity contribution >= 4 is 0 Å². The molecule has 0 saturated heterocycles. The molecule has 0 heterocycles. The molecule has 2 aromatic rings. The topological polar surface area (TPSA) is 35.2 Å². The van der Waals surface area contributed by atoms with Crippen molar-refractivity contribution in [3.05, 3.63) is 65.2 Å². The molecule has 100 valence electrons. The summed E-state index contributed by atoms with van der Waals surface area (Å²) in [6.07, 6.45) is 0.837. The van der Waals surface area contributed by atoms with Gasteiger partial charge < -0.3 is 10.5 Å². The van der Waals surface area contributed by atoms with Crippen LogP contribution in [0.1, 0.15) is 29.2 Å². The average molecular weight is 255 g/mol. The molecule has 0 saturated carbocycles. The summed E-state index contributed by atoms with van der Waals surface area (Å²) in [7, 11) is 0. The standard InChI is InChI=1S/C17H21NO/c1-13-7-9-15(10-8-13)17(11-12-18)19-16-6-4-3-5-14(16)2/h3-10,17H,11-12,18H2,1-2H3. The van der Waals surface area contributed by atoms with Gasteiger partial charge >= 0.3 is 0 Å². The van der Waals surface area contributed by atoms with Gasteiger partial charge in [0.25, 0.3) is 0 Å². The van der Waals surface area contributed by atoms with Crippen LogP contribution in [0.5, 0.6) is 5.75 Å². The van der Waals surface area contributed by atoms with Crippen LogP contribution in [0.25, 0.3) is 0 Å². The Hall–Kier alpha value is -1.80. The molecule has 1 atom stereocenters. The third kappa shape index (κ3) is 3.58. The van der Waals surface area contributed by atoms with Crippen molar-refractivity contribution in [3.8, 4) is 5.75 Å². The van der Waals surface area contributed by atoms with Crippen LogP contribution in [-0.4, -0.2) is 6.54 Å². The number of ether oxygens (including phenoxy) is 1. The van der Waals surface area contributed by atoms with Gasteiger partial charge in [0.1, 0.15) is 11.9 Å². The lowest BCUT2D eigenvalue weighted by atomic mass is 10.0. The van der Waals surface area contributed by atoms with Crippen molar-refractivity contribution in [2.45, 2.75) is 26.4 Å². The van der Waals surface area contributed by atoms with Gasteiger partial charge in [0, 0.05) is 6.42 Å². The van der Waals surface area contributed by atoms with Crippen LogP contribution in [0.3, 0.4) is 0 Å². The second-order valence-electron chi connectivity index (χ2n) is 4.86. The molecule has 1 unspecified atom stereocenters. The average Bonchev–Trinajstić information content (AvgIpc) is 2.42. The molecule has 2 N–H and O–H groups in total. The zero-order valence-electron chi connectivity index (χ0n) is 11.6. The van der Waals surface area contributed by atoms with Crippen LogP contribution in [0.4, 0.5) is 0 Å². The van der Waals surface area contributed by atoms with E-state index in [0.29, 0.717) is 6.54 Å². The molecule has 0 aliphatic carbocycles. The van der Waals surface area contributed by atoms with Gasteiger partial charge in [0.2, 0.25) is 0 Å². The van der Waals surface area contributed by atoms with E-state index in [-0.39, 0.29) is 6.10 Å². The second kappa shape index (κ2) is 6.39. The normalized spacial score (nSPS) is 12.2. The Labute approximate surface area is 115 Å². The fraction of sp³-hybridized carbons (Fsp3) is 0.294. The molecule has 0 radical (unpaired) electrons. The van der Waals surface area contributed by atoms with Gasteiger partial charge in [-0.05, 0) is 37.6 Å². The molecule has 0 spiro atoms. The van der Waals surface area contributed by atoms with Gasteiger partial charge in [-0.2, -0.15) is 0 Å². The first-order valence-corrected chi connectivity index (χ1v) is 6.69. The first-order chi connectivity index (χ1) is 9.20. The van der Waals surface area contributed by atoms with Crippen LogP contribution in [0.2, 0.25) is 0 Å². The van der Waals surface area contributed by atoms with Crippen molar-refractivity contribution in [1.29, 1.82) is 0 Å². The predicted octanol–water partition coefficient (Wildman–Crippen LogP) is 3.77. The van der Waals surface area contributed by atoms with E-state index in [0.717, 1.165) is 17.7 Å². The fourth-order valence-electron chi connectivity index (χ4n) is 2.07. The summed E-state index contributed by atoms with van der Waals surface area (Å²) in [6, 6.07) is 16.5. The van der Waals surface area contributed by atoms with Gasteiger partial charge in [-0.25, -0.2) is 0 Å². The summed E-state index contributed by atoms with van der Waals surface area (Å²) in [5.74, 6) is 0.932. The lowest BCUT2D eigenvalue weighted by molar-refractivity contribution is 0.196. The summed E-state index contributed by atoms with van der Waals surface area (Å²) >= 11 is 0. The largest absolute Gasteiger partial charge is 0.485 e. The van der Waals surface area contributed by atoms with Crippen LogP contribution in [0.15, 0.2) is 48.5 Å². The Morgan fingerprint density at radius 3 is 2.32 bits per heavy atom. The van der Waals surface area contributed by atoms with Gasteiger partial charge in [0.15, 0.2) is 0 Å². The SMILES string of the molecule is Cc1ccc(C(CCN)Oc2ccccc2C)cc1. The molecule has 2 nitrogen and oxygen atoms in total. The summed E-state index contributed by atoms with van der Waals surface area (Å²) < 4.78 is 6.13. The van der Waals surface area contributed by atoms with Crippen molar-refractivity contribution in [2.24, 2.45) is 5.73 Å². The van der Waals surface area contributed by atoms with E-state index >= 15 is 0 Å². The maximum Gasteiger partial charge on any atom is 0.125 e. The van der Waals surface area contributed by atoms with Gasteiger partial charge in [-0.1, -0.05) is 48.0 Å². The zero-order chi connectivity index (χ0) is 13.7. The Kier molecular flexibility index (Phi) is 4.58. The monoisotopic (exact) mass is 255 g/mol. The first kappa shape index (κ1) is 13.6. The molecule has 0 amide bonds. The molecular formula is C17H21NO. The number of hydrogen-bond acceptors (Lipinski definition) is 2. The number of nitrogens with two attached hydrogens (primary N) is 1. The molecule has 0 aromatic heterocycles. The maximum atomic E-state index is 6.13. The second-order valence-corrected chi connectivity index (χ2v) is 4.86. The summed E-state index contributed by atoms with van der Waals surface area (Å²) in [6.45, 7) is 4.76. The number of aryl methyl sites for hydroxylation is 2. The minimum atomic E-state index is 0.0201. The van der Waals surface area contributed by atoms with Crippen LogP contribution in [0, 0.1) is 13.8 Å². The molecular weight excluding hydrogens is 234 g/mol. The Morgan fingerprint density at radius 2 is 1.68 bits per heavy atom. The smallest absolute Gasteiger partial charge is 0.125 e. The highest BCUT2D eigenvalue weighted by Crippen LogP contribution is 2.27. The molecule has 0 bridgehead atoms. The minimum Gasteiger partial charge on any atom is -0.485 e. The lowest BCUT2D eigenvalue weighted by Gasteiger charge is -2.20. The van der Waals surface area contributed by atoms with E-state index < -0.39 is 0 Å². The van der Waals surface area contributed by atoms with Crippen LogP contribution >= 0.6 is 0 Å². The number of hydrogen-bond donors (Lipinski definition) is 1. The van der Waals surface area contributed by atoms with E-state index in [1.54, 1.807) is 0 Å². The van der Waals surface area contributed by atoms with Crippen molar-refractivity contribution in [2.75, 3.05) is 6.54 Å². The molecule has 2 rings (SSSR count). The van der Waals surface area contributed by atoms with Crippen molar-refractivity contribution in [1.82, 2.24) is 0 Å². The molecule has 2 aromatic carbocycles. The molecule has 2 heteroatoms. The van der Waals surface area contributed by atoms with Crippen molar-refractivity contribution in [3.63, 3.8) is 0 Å². The number of para-hydroxylation sites is 1. The lowest BCUT2D eigenvalue weighted by Crippen LogP contribution is -2.13. The van der Waals surface area contributed by atoms with E-state index in [1.807, 2.05) is 18.2 Å². The zero-order valence-corrected chi connectivity index (χ0v) is 11.6. The summed E-state index contributed by atoms with van der Waals surface area (Å²) in [5.41, 5.74) is 9.29. The Bertz CT molecular complexity index is 519. The number of benzene rings is 2. The van der Waals surface area contributed by atoms with Crippen molar-refractivity contribution < 1.29 is 4.74 Å². The van der Waals surface area contributed by atoms with Gasteiger partial charge in [0.05, 0.1) is 0 Å². The number of rotatable bonds is 5. The third-order valence-electron chi connectivity index (χ3n) is 3.24. The van der Waals surface area contributed by atoms with Crippen LogP contribution < -0.4 is 10.5 Å². The minimum absolute atomic E-state index is 0.0201. The van der Waals surface area contributed by atoms with E-state index in [4.69, 9.17) is 10.5 Å². The third-order valence-corrected chi connectivity index (χ3v) is 3.24. The Balaban J connectivity index is 2.21. The molecule has 0 aliphatic rings. The molecule has 0 fully saturated rings. The highest BCUT2D eigenvalue weighted by Gasteiger charge is 2.13. The van der Waals surface area contributed by atoms with Crippen LogP contribution in [-0.2, 0) is 0 Å². The van der Waals surface area contributed by atoms with E-state index in [2.05, 4.69) is 44.2 Å². The maximum absolute atomic E-state index is 6.13. The van der Waals surface area contributed by atoms with Gasteiger partial charge in [-0.3, -0.25) is 0 Å². The summed E-state index contributed by atoms with van der Waals surface area (Å²) in [5, 5.41) is 0. The molecule has 0 aliphatic heterocycles. The highest BCUT2D eigenvalue weighted by atomic mass is 16.5. The first-order valence-electron chi connectivity index (χ1n) is 6.69. The quantitative estimate of drug-likeness (QED) is 0.882. The van der Waals surface area contributed by atoms with E-state index in [9.17, 15) is 0 Å². The Morgan fingerprint density at radius 1 is 1.00 bits per heavy atom. The molecule has 19 heavy (non-hydrogen) atoms. The van der Waals surface area contributed by atoms with E-state index in [1.165, 1.54) is 11.1 Å². The fourth-order valence-corrected chi connectivity index (χ4v) is 2.07. The summed E-state index contributed by atoms with van der Waals surface area (Å²) in [4.78, 5) is 0.